The van der Waals surface area contributed by atoms with Gasteiger partial charge in [-0.15, -0.1) is 0 Å². The summed E-state index contributed by atoms with van der Waals surface area (Å²) < 4.78 is 2.16. The molecule has 1 fully saturated rings. The van der Waals surface area contributed by atoms with Crippen LogP contribution in [0.3, 0.4) is 0 Å². The number of anilines is 1. The summed E-state index contributed by atoms with van der Waals surface area (Å²) in [4.78, 5) is 11.6. The Labute approximate surface area is 185 Å². The molecule has 1 unspecified atom stereocenters. The molecule has 3 aromatic rings. The van der Waals surface area contributed by atoms with E-state index in [2.05, 4.69) is 86.6 Å². The zero-order chi connectivity index (χ0) is 21.5. The maximum absolute atomic E-state index is 4.86. The highest BCUT2D eigenvalue weighted by Crippen LogP contribution is 2.19. The number of para-hydroxylation sites is 1. The fourth-order valence-electron chi connectivity index (χ4n) is 4.03. The number of aromatic nitrogens is 2. The fourth-order valence-corrected chi connectivity index (χ4v) is 4.03. The largest absolute Gasteiger partial charge is 0.369 e. The standard InChI is InChI=1S/C25H32N6/c1-3-26-25(29-23-12-14-31(19-23)24-10-5-4-6-11-24)28-17-21-8-7-9-22(16-21)18-30-15-13-27-20(30)2/h4-11,13,15-16,23H,3,12,14,17-19H2,1-2H3,(H2,26,28,29). The third-order valence-corrected chi connectivity index (χ3v) is 5.68. The maximum Gasteiger partial charge on any atom is 0.191 e. The second-order valence-corrected chi connectivity index (χ2v) is 8.03. The maximum atomic E-state index is 4.86. The molecule has 0 amide bonds. The van der Waals surface area contributed by atoms with Crippen LogP contribution in [0.5, 0.6) is 0 Å². The molecule has 1 aromatic heterocycles. The van der Waals surface area contributed by atoms with Crippen LogP contribution in [0.2, 0.25) is 0 Å². The van der Waals surface area contributed by atoms with Gasteiger partial charge in [-0.3, -0.25) is 0 Å². The van der Waals surface area contributed by atoms with Crippen LogP contribution in [-0.4, -0.2) is 41.2 Å². The molecule has 0 spiro atoms. The van der Waals surface area contributed by atoms with Crippen molar-refractivity contribution in [1.29, 1.82) is 0 Å². The molecule has 1 atom stereocenters. The average Bonchev–Trinajstić information content (AvgIpc) is 3.42. The van der Waals surface area contributed by atoms with E-state index in [0.29, 0.717) is 12.6 Å². The third-order valence-electron chi connectivity index (χ3n) is 5.68. The smallest absolute Gasteiger partial charge is 0.191 e. The Bertz CT molecular complexity index is 994. The lowest BCUT2D eigenvalue weighted by atomic mass is 10.1. The van der Waals surface area contributed by atoms with Gasteiger partial charge in [-0.05, 0) is 43.5 Å². The molecule has 0 saturated carbocycles. The Hall–Kier alpha value is -3.28. The lowest BCUT2D eigenvalue weighted by molar-refractivity contribution is 0.649. The number of hydrogen-bond acceptors (Lipinski definition) is 3. The minimum atomic E-state index is 0.397. The SMILES string of the molecule is CCNC(=NCc1cccc(Cn2ccnc2C)c1)NC1CCN(c2ccccc2)C1. The fraction of sp³-hybridized carbons (Fsp3) is 0.360. The van der Waals surface area contributed by atoms with Gasteiger partial charge in [-0.2, -0.15) is 0 Å². The van der Waals surface area contributed by atoms with E-state index in [4.69, 9.17) is 4.99 Å². The van der Waals surface area contributed by atoms with Gasteiger partial charge in [0.05, 0.1) is 6.54 Å². The number of imidazole rings is 1. The molecule has 0 bridgehead atoms. The molecule has 6 nitrogen and oxygen atoms in total. The molecule has 0 aliphatic carbocycles. The first kappa shape index (κ1) is 21.0. The van der Waals surface area contributed by atoms with Crippen LogP contribution in [0.25, 0.3) is 0 Å². The molecule has 2 aromatic carbocycles. The first-order valence-electron chi connectivity index (χ1n) is 11.1. The zero-order valence-corrected chi connectivity index (χ0v) is 18.5. The second-order valence-electron chi connectivity index (χ2n) is 8.03. The lowest BCUT2D eigenvalue weighted by Crippen LogP contribution is -2.44. The Morgan fingerprint density at radius 1 is 1.13 bits per heavy atom. The monoisotopic (exact) mass is 416 g/mol. The van der Waals surface area contributed by atoms with Crippen molar-refractivity contribution in [3.05, 3.63) is 83.9 Å². The molecule has 2 N–H and O–H groups in total. The number of nitrogens with one attached hydrogen (secondary N) is 2. The highest BCUT2D eigenvalue weighted by Gasteiger charge is 2.23. The molecule has 6 heteroatoms. The van der Waals surface area contributed by atoms with E-state index in [1.165, 1.54) is 16.8 Å². The minimum Gasteiger partial charge on any atom is -0.369 e. The van der Waals surface area contributed by atoms with Crippen LogP contribution < -0.4 is 15.5 Å². The number of nitrogens with zero attached hydrogens (tertiary/aromatic N) is 4. The van der Waals surface area contributed by atoms with Gasteiger partial charge in [-0.1, -0.05) is 42.5 Å². The summed E-state index contributed by atoms with van der Waals surface area (Å²) >= 11 is 0. The van der Waals surface area contributed by atoms with Crippen molar-refractivity contribution in [3.63, 3.8) is 0 Å². The van der Waals surface area contributed by atoms with Gasteiger partial charge >= 0.3 is 0 Å². The van der Waals surface area contributed by atoms with E-state index in [0.717, 1.165) is 44.4 Å². The topological polar surface area (TPSA) is 57.5 Å². The second kappa shape index (κ2) is 10.2. The molecule has 1 aliphatic heterocycles. The molecule has 1 saturated heterocycles. The normalized spacial score (nSPS) is 16.5. The van der Waals surface area contributed by atoms with Gasteiger partial charge in [0.25, 0.3) is 0 Å². The van der Waals surface area contributed by atoms with Gasteiger partial charge in [0.2, 0.25) is 0 Å². The molecular formula is C25H32N6. The summed E-state index contributed by atoms with van der Waals surface area (Å²) in [6.45, 7) is 8.53. The average molecular weight is 417 g/mol. The number of aryl methyl sites for hydroxylation is 1. The Morgan fingerprint density at radius 2 is 1.97 bits per heavy atom. The van der Waals surface area contributed by atoms with Gasteiger partial charge in [0.1, 0.15) is 5.82 Å². The number of benzene rings is 2. The highest BCUT2D eigenvalue weighted by molar-refractivity contribution is 5.80. The van der Waals surface area contributed by atoms with Crippen LogP contribution in [0, 0.1) is 6.92 Å². The van der Waals surface area contributed by atoms with E-state index < -0.39 is 0 Å². The van der Waals surface area contributed by atoms with Crippen molar-refractivity contribution >= 4 is 11.6 Å². The molecule has 162 valence electrons. The Morgan fingerprint density at radius 3 is 2.74 bits per heavy atom. The number of rotatable bonds is 7. The van der Waals surface area contributed by atoms with E-state index >= 15 is 0 Å². The van der Waals surface area contributed by atoms with Crippen LogP contribution in [0.1, 0.15) is 30.3 Å². The number of hydrogen-bond donors (Lipinski definition) is 2. The summed E-state index contributed by atoms with van der Waals surface area (Å²) in [6, 6.07) is 19.7. The Kier molecular flexibility index (Phi) is 6.87. The third kappa shape index (κ3) is 5.66. The predicted octanol–water partition coefficient (Wildman–Crippen LogP) is 3.57. The van der Waals surface area contributed by atoms with Crippen molar-refractivity contribution in [3.8, 4) is 0 Å². The summed E-state index contributed by atoms with van der Waals surface area (Å²) in [6.07, 6.45) is 4.98. The summed E-state index contributed by atoms with van der Waals surface area (Å²) in [5, 5.41) is 7.03. The summed E-state index contributed by atoms with van der Waals surface area (Å²) in [5.74, 6) is 1.92. The minimum absolute atomic E-state index is 0.397. The van der Waals surface area contributed by atoms with Crippen LogP contribution in [-0.2, 0) is 13.1 Å². The van der Waals surface area contributed by atoms with Crippen molar-refractivity contribution in [2.75, 3.05) is 24.5 Å². The van der Waals surface area contributed by atoms with Gasteiger partial charge in [0.15, 0.2) is 5.96 Å². The lowest BCUT2D eigenvalue weighted by Gasteiger charge is -2.20. The van der Waals surface area contributed by atoms with E-state index in [1.54, 1.807) is 0 Å². The van der Waals surface area contributed by atoms with Gasteiger partial charge in [-0.25, -0.2) is 9.98 Å². The van der Waals surface area contributed by atoms with Crippen LogP contribution in [0.4, 0.5) is 5.69 Å². The highest BCUT2D eigenvalue weighted by atomic mass is 15.2. The quantitative estimate of drug-likeness (QED) is 0.457. The molecule has 2 heterocycles. The number of guanidine groups is 1. The first-order chi connectivity index (χ1) is 15.2. The molecule has 4 rings (SSSR count). The molecule has 1 aliphatic rings. The first-order valence-corrected chi connectivity index (χ1v) is 11.1. The summed E-state index contributed by atoms with van der Waals surface area (Å²) in [5.41, 5.74) is 3.77. The molecule has 31 heavy (non-hydrogen) atoms. The van der Waals surface area contributed by atoms with E-state index in [9.17, 15) is 0 Å². The number of aliphatic imine (C=N–C) groups is 1. The van der Waals surface area contributed by atoms with Crippen molar-refractivity contribution in [2.24, 2.45) is 4.99 Å². The van der Waals surface area contributed by atoms with Crippen molar-refractivity contribution in [1.82, 2.24) is 20.2 Å². The van der Waals surface area contributed by atoms with Crippen molar-refractivity contribution in [2.45, 2.75) is 39.4 Å². The van der Waals surface area contributed by atoms with Gasteiger partial charge in [0, 0.05) is 50.3 Å². The molecule has 0 radical (unpaired) electrons. The van der Waals surface area contributed by atoms with E-state index in [1.807, 2.05) is 19.3 Å². The summed E-state index contributed by atoms with van der Waals surface area (Å²) in [7, 11) is 0. The predicted molar refractivity (Wildman–Crippen MR) is 128 cm³/mol. The van der Waals surface area contributed by atoms with Gasteiger partial charge < -0.3 is 20.1 Å². The van der Waals surface area contributed by atoms with E-state index in [-0.39, 0.29) is 0 Å². The zero-order valence-electron chi connectivity index (χ0n) is 18.5. The Balaban J connectivity index is 1.37. The molecular weight excluding hydrogens is 384 g/mol. The van der Waals surface area contributed by atoms with Crippen molar-refractivity contribution < 1.29 is 0 Å². The van der Waals surface area contributed by atoms with Crippen LogP contribution >= 0.6 is 0 Å². The van der Waals surface area contributed by atoms with Crippen LogP contribution in [0.15, 0.2) is 72.0 Å².